The Balaban J connectivity index is 2.59. The molecule has 0 fully saturated rings. The van der Waals surface area contributed by atoms with Gasteiger partial charge in [-0.1, -0.05) is 50.4 Å². The summed E-state index contributed by atoms with van der Waals surface area (Å²) in [6, 6.07) is 5.72. The Labute approximate surface area is 103 Å². The molecule has 1 aromatic rings. The number of hydrogen-bond donors (Lipinski definition) is 1. The number of hydrogen-bond acceptors (Lipinski definition) is 1. The van der Waals surface area contributed by atoms with E-state index < -0.39 is 0 Å². The summed E-state index contributed by atoms with van der Waals surface area (Å²) < 4.78 is 0. The van der Waals surface area contributed by atoms with E-state index in [0.29, 0.717) is 5.92 Å². The predicted molar refractivity (Wildman–Crippen MR) is 69.8 cm³/mol. The third-order valence-electron chi connectivity index (χ3n) is 2.93. The van der Waals surface area contributed by atoms with Crippen LogP contribution in [0.1, 0.15) is 50.3 Å². The first kappa shape index (κ1) is 13.5. The molecule has 1 N–H and O–H groups in total. The minimum atomic E-state index is -0.377. The van der Waals surface area contributed by atoms with Crippen molar-refractivity contribution in [2.24, 2.45) is 5.92 Å². The van der Waals surface area contributed by atoms with Crippen molar-refractivity contribution >= 4 is 11.6 Å². The number of aliphatic hydroxyl groups excluding tert-OH is 1. The lowest BCUT2D eigenvalue weighted by atomic mass is 9.97. The van der Waals surface area contributed by atoms with Crippen LogP contribution in [0, 0.1) is 12.8 Å². The maximum absolute atomic E-state index is 10.1. The van der Waals surface area contributed by atoms with E-state index in [9.17, 15) is 5.11 Å². The monoisotopic (exact) mass is 240 g/mol. The molecule has 2 heteroatoms. The van der Waals surface area contributed by atoms with Crippen LogP contribution >= 0.6 is 11.6 Å². The third-order valence-corrected chi connectivity index (χ3v) is 3.34. The Hall–Kier alpha value is -0.530. The molecule has 16 heavy (non-hydrogen) atoms. The minimum absolute atomic E-state index is 0.377. The van der Waals surface area contributed by atoms with Crippen molar-refractivity contribution in [3.8, 4) is 0 Å². The highest BCUT2D eigenvalue weighted by molar-refractivity contribution is 6.31. The van der Waals surface area contributed by atoms with E-state index in [2.05, 4.69) is 13.8 Å². The standard InChI is InChI=1S/C14H21ClO/c1-10(2)6-4-9-14(16)12-7-5-8-13(15)11(12)3/h5,7-8,10,14,16H,4,6,9H2,1-3H3. The average molecular weight is 241 g/mol. The molecule has 0 aliphatic heterocycles. The summed E-state index contributed by atoms with van der Waals surface area (Å²) in [5, 5.41) is 10.8. The first-order chi connectivity index (χ1) is 7.52. The van der Waals surface area contributed by atoms with Gasteiger partial charge >= 0.3 is 0 Å². The van der Waals surface area contributed by atoms with Gasteiger partial charge in [0.15, 0.2) is 0 Å². The van der Waals surface area contributed by atoms with Gasteiger partial charge in [-0.05, 0) is 36.5 Å². The van der Waals surface area contributed by atoms with Crippen LogP contribution in [0.3, 0.4) is 0 Å². The highest BCUT2D eigenvalue weighted by Crippen LogP contribution is 2.27. The summed E-state index contributed by atoms with van der Waals surface area (Å²) >= 11 is 6.03. The summed E-state index contributed by atoms with van der Waals surface area (Å²) in [6.07, 6.45) is 2.67. The zero-order valence-corrected chi connectivity index (χ0v) is 11.1. The van der Waals surface area contributed by atoms with Crippen LogP contribution in [0.5, 0.6) is 0 Å². The van der Waals surface area contributed by atoms with Crippen molar-refractivity contribution in [2.75, 3.05) is 0 Å². The second-order valence-corrected chi connectivity index (χ2v) is 5.20. The van der Waals surface area contributed by atoms with E-state index in [1.807, 2.05) is 25.1 Å². The maximum Gasteiger partial charge on any atom is 0.0793 e. The smallest absolute Gasteiger partial charge is 0.0793 e. The fourth-order valence-electron chi connectivity index (χ4n) is 1.86. The summed E-state index contributed by atoms with van der Waals surface area (Å²) in [6.45, 7) is 6.37. The van der Waals surface area contributed by atoms with Gasteiger partial charge in [-0.25, -0.2) is 0 Å². The van der Waals surface area contributed by atoms with E-state index in [1.165, 1.54) is 0 Å². The summed E-state index contributed by atoms with van der Waals surface area (Å²) in [7, 11) is 0. The molecule has 0 spiro atoms. The van der Waals surface area contributed by atoms with Gasteiger partial charge in [-0.15, -0.1) is 0 Å². The van der Waals surface area contributed by atoms with Crippen LogP contribution in [0.2, 0.25) is 5.02 Å². The molecule has 90 valence electrons. The van der Waals surface area contributed by atoms with E-state index in [-0.39, 0.29) is 6.10 Å². The Morgan fingerprint density at radius 2 is 1.94 bits per heavy atom. The van der Waals surface area contributed by atoms with Crippen molar-refractivity contribution in [1.82, 2.24) is 0 Å². The van der Waals surface area contributed by atoms with Gasteiger partial charge in [0.05, 0.1) is 6.10 Å². The summed E-state index contributed by atoms with van der Waals surface area (Å²) in [5.74, 6) is 0.702. The Morgan fingerprint density at radius 3 is 2.56 bits per heavy atom. The molecule has 1 unspecified atom stereocenters. The predicted octanol–water partition coefficient (Wildman–Crippen LogP) is 4.51. The van der Waals surface area contributed by atoms with Crippen molar-refractivity contribution in [1.29, 1.82) is 0 Å². The third kappa shape index (κ3) is 3.80. The highest BCUT2D eigenvalue weighted by atomic mass is 35.5. The SMILES string of the molecule is Cc1c(Cl)cccc1C(O)CCCC(C)C. The van der Waals surface area contributed by atoms with Gasteiger partial charge in [0, 0.05) is 5.02 Å². The molecule has 0 amide bonds. The number of rotatable bonds is 5. The molecule has 1 rings (SSSR count). The van der Waals surface area contributed by atoms with Crippen LogP contribution in [-0.4, -0.2) is 5.11 Å². The van der Waals surface area contributed by atoms with Gasteiger partial charge in [0.25, 0.3) is 0 Å². The van der Waals surface area contributed by atoms with Gasteiger partial charge in [0.1, 0.15) is 0 Å². The second kappa shape index (κ2) is 6.27. The molecular weight excluding hydrogens is 220 g/mol. The van der Waals surface area contributed by atoms with Crippen molar-refractivity contribution in [3.05, 3.63) is 34.3 Å². The average Bonchev–Trinajstić information content (AvgIpc) is 2.21. The van der Waals surface area contributed by atoms with Gasteiger partial charge < -0.3 is 5.11 Å². The zero-order valence-electron chi connectivity index (χ0n) is 10.3. The molecule has 0 bridgehead atoms. The van der Waals surface area contributed by atoms with E-state index in [4.69, 9.17) is 11.6 Å². The Kier molecular flexibility index (Phi) is 5.30. The molecule has 0 radical (unpaired) electrons. The maximum atomic E-state index is 10.1. The first-order valence-electron chi connectivity index (χ1n) is 5.95. The van der Waals surface area contributed by atoms with Crippen molar-refractivity contribution < 1.29 is 5.11 Å². The number of benzene rings is 1. The molecule has 1 aromatic carbocycles. The van der Waals surface area contributed by atoms with Crippen molar-refractivity contribution in [2.45, 2.75) is 46.1 Å². The first-order valence-corrected chi connectivity index (χ1v) is 6.33. The quantitative estimate of drug-likeness (QED) is 0.803. The lowest BCUT2D eigenvalue weighted by Crippen LogP contribution is -2.01. The lowest BCUT2D eigenvalue weighted by molar-refractivity contribution is 0.161. The Bertz CT molecular complexity index is 334. The summed E-state index contributed by atoms with van der Waals surface area (Å²) in [4.78, 5) is 0. The molecular formula is C14H21ClO. The van der Waals surface area contributed by atoms with Crippen LogP contribution in [0.25, 0.3) is 0 Å². The minimum Gasteiger partial charge on any atom is -0.388 e. The zero-order chi connectivity index (χ0) is 12.1. The van der Waals surface area contributed by atoms with E-state index >= 15 is 0 Å². The van der Waals surface area contributed by atoms with Crippen LogP contribution in [0.15, 0.2) is 18.2 Å². The topological polar surface area (TPSA) is 20.2 Å². The fraction of sp³-hybridized carbons (Fsp3) is 0.571. The molecule has 0 saturated heterocycles. The van der Waals surface area contributed by atoms with E-state index in [0.717, 1.165) is 35.4 Å². The molecule has 0 aliphatic carbocycles. The molecule has 1 nitrogen and oxygen atoms in total. The molecule has 0 aromatic heterocycles. The van der Waals surface area contributed by atoms with Gasteiger partial charge in [-0.3, -0.25) is 0 Å². The van der Waals surface area contributed by atoms with E-state index in [1.54, 1.807) is 0 Å². The highest BCUT2D eigenvalue weighted by Gasteiger charge is 2.11. The summed E-state index contributed by atoms with van der Waals surface area (Å²) in [5.41, 5.74) is 1.97. The Morgan fingerprint density at radius 1 is 1.25 bits per heavy atom. The normalized spacial score (nSPS) is 13.1. The second-order valence-electron chi connectivity index (χ2n) is 4.79. The molecule has 0 saturated carbocycles. The van der Waals surface area contributed by atoms with Crippen molar-refractivity contribution in [3.63, 3.8) is 0 Å². The molecule has 0 aliphatic rings. The number of halogens is 1. The van der Waals surface area contributed by atoms with Crippen LogP contribution < -0.4 is 0 Å². The van der Waals surface area contributed by atoms with Gasteiger partial charge in [0.2, 0.25) is 0 Å². The van der Waals surface area contributed by atoms with Crippen LogP contribution in [0.4, 0.5) is 0 Å². The van der Waals surface area contributed by atoms with Crippen LogP contribution in [-0.2, 0) is 0 Å². The largest absolute Gasteiger partial charge is 0.388 e. The van der Waals surface area contributed by atoms with Gasteiger partial charge in [-0.2, -0.15) is 0 Å². The lowest BCUT2D eigenvalue weighted by Gasteiger charge is -2.15. The number of aliphatic hydroxyl groups is 1. The fourth-order valence-corrected chi connectivity index (χ4v) is 2.04. The molecule has 1 atom stereocenters. The molecule has 0 heterocycles.